The van der Waals surface area contributed by atoms with Crippen molar-refractivity contribution in [2.45, 2.75) is 43.7 Å². The number of hydrazine groups is 1. The number of benzene rings is 1. The molecule has 3 aliphatic rings. The van der Waals surface area contributed by atoms with E-state index in [9.17, 15) is 8.42 Å². The van der Waals surface area contributed by atoms with Crippen LogP contribution in [0, 0.1) is 18.8 Å². The van der Waals surface area contributed by atoms with Crippen LogP contribution in [-0.4, -0.2) is 30.6 Å². The molecule has 5 atom stereocenters. The van der Waals surface area contributed by atoms with Crippen molar-refractivity contribution in [3.05, 3.63) is 29.8 Å². The number of aryl methyl sites for hydroxylation is 1. The highest BCUT2D eigenvalue weighted by Gasteiger charge is 2.64. The maximum atomic E-state index is 12.7. The second-order valence-electron chi connectivity index (χ2n) is 6.33. The number of rotatable bonds is 2. The molecule has 5 heteroatoms. The van der Waals surface area contributed by atoms with Crippen LogP contribution in [0.25, 0.3) is 0 Å². The number of hydrogen-bond acceptors (Lipinski definition) is 3. The van der Waals surface area contributed by atoms with Crippen molar-refractivity contribution in [2.24, 2.45) is 11.8 Å². The molecule has 0 bridgehead atoms. The predicted octanol–water partition coefficient (Wildman–Crippen LogP) is 2.36. The van der Waals surface area contributed by atoms with Crippen LogP contribution in [-0.2, 0) is 10.0 Å². The van der Waals surface area contributed by atoms with Crippen LogP contribution in [0.1, 0.15) is 31.2 Å². The number of sulfonamides is 1. The van der Waals surface area contributed by atoms with Crippen molar-refractivity contribution in [3.8, 4) is 0 Å². The Kier molecular flexibility index (Phi) is 2.75. The van der Waals surface area contributed by atoms with E-state index in [0.29, 0.717) is 10.8 Å². The highest BCUT2D eigenvalue weighted by Crippen LogP contribution is 2.52. The molecule has 4 rings (SSSR count). The van der Waals surface area contributed by atoms with Crippen LogP contribution in [0.15, 0.2) is 29.2 Å². The lowest BCUT2D eigenvalue weighted by molar-refractivity contribution is 0.227. The number of hydrogen-bond donors (Lipinski definition) is 0. The molecule has 4 nitrogen and oxygen atoms in total. The minimum atomic E-state index is -3.33. The molecule has 20 heavy (non-hydrogen) atoms. The summed E-state index contributed by atoms with van der Waals surface area (Å²) in [4.78, 5) is 0.421. The lowest BCUT2D eigenvalue weighted by atomic mass is 9.81. The summed E-state index contributed by atoms with van der Waals surface area (Å²) in [6.45, 7) is 2.90. The monoisotopic (exact) mass is 292 g/mol. The van der Waals surface area contributed by atoms with Gasteiger partial charge in [-0.05, 0) is 43.7 Å². The Morgan fingerprint density at radius 2 is 1.80 bits per heavy atom. The van der Waals surface area contributed by atoms with Gasteiger partial charge in [-0.3, -0.25) is 0 Å². The van der Waals surface area contributed by atoms with E-state index in [2.05, 4.69) is 5.01 Å². The van der Waals surface area contributed by atoms with Crippen LogP contribution in [0.3, 0.4) is 0 Å². The van der Waals surface area contributed by atoms with E-state index in [1.165, 1.54) is 25.7 Å². The van der Waals surface area contributed by atoms with E-state index < -0.39 is 10.0 Å². The third-order valence-electron chi connectivity index (χ3n) is 5.07. The maximum Gasteiger partial charge on any atom is 0.257 e. The molecule has 0 aromatic heterocycles. The summed E-state index contributed by atoms with van der Waals surface area (Å²) in [6, 6.07) is 7.17. The van der Waals surface area contributed by atoms with E-state index in [1.807, 2.05) is 19.1 Å². The Labute approximate surface area is 120 Å². The van der Waals surface area contributed by atoms with E-state index in [0.717, 1.165) is 18.0 Å². The largest absolute Gasteiger partial charge is 0.257 e. The van der Waals surface area contributed by atoms with Gasteiger partial charge in [0.05, 0.1) is 4.90 Å². The van der Waals surface area contributed by atoms with Crippen molar-refractivity contribution >= 4 is 10.0 Å². The van der Waals surface area contributed by atoms with Crippen LogP contribution in [0.2, 0.25) is 0 Å². The highest BCUT2D eigenvalue weighted by molar-refractivity contribution is 7.89. The van der Waals surface area contributed by atoms with Crippen molar-refractivity contribution in [1.82, 2.24) is 9.42 Å². The molecule has 0 amide bonds. The molecule has 2 heterocycles. The summed E-state index contributed by atoms with van der Waals surface area (Å²) in [7, 11) is -3.33. The van der Waals surface area contributed by atoms with Crippen LogP contribution in [0.4, 0.5) is 0 Å². The molecule has 108 valence electrons. The Morgan fingerprint density at radius 3 is 2.55 bits per heavy atom. The van der Waals surface area contributed by atoms with Gasteiger partial charge in [-0.2, -0.15) is 0 Å². The second-order valence-corrected chi connectivity index (χ2v) is 8.13. The molecule has 0 spiro atoms. The first-order valence-electron chi connectivity index (χ1n) is 7.47. The van der Waals surface area contributed by atoms with Crippen LogP contribution < -0.4 is 0 Å². The van der Waals surface area contributed by atoms with Crippen LogP contribution in [0.5, 0.6) is 0 Å². The van der Waals surface area contributed by atoms with E-state index >= 15 is 0 Å². The third-order valence-corrected chi connectivity index (χ3v) is 6.85. The molecule has 3 fully saturated rings. The smallest absolute Gasteiger partial charge is 0.206 e. The van der Waals surface area contributed by atoms with Gasteiger partial charge in [-0.1, -0.05) is 30.5 Å². The summed E-state index contributed by atoms with van der Waals surface area (Å²) in [5.74, 6) is 1.28. The summed E-state index contributed by atoms with van der Waals surface area (Å²) in [6.07, 6.45) is 5.17. The SMILES string of the molecule is Cc1ccc(S(=O)(=O)N2C3C4CCCCC4CN32)cc1. The van der Waals surface area contributed by atoms with Gasteiger partial charge in [0.15, 0.2) is 0 Å². The van der Waals surface area contributed by atoms with E-state index in [4.69, 9.17) is 0 Å². The van der Waals surface area contributed by atoms with Gasteiger partial charge in [-0.25, -0.2) is 13.4 Å². The lowest BCUT2D eigenvalue weighted by Crippen LogP contribution is -2.30. The molecule has 1 saturated carbocycles. The summed E-state index contributed by atoms with van der Waals surface area (Å²) in [5.41, 5.74) is 1.09. The summed E-state index contributed by atoms with van der Waals surface area (Å²) in [5, 5.41) is 2.07. The molecule has 2 aliphatic heterocycles. The summed E-state index contributed by atoms with van der Waals surface area (Å²) < 4.78 is 27.0. The standard InChI is InChI=1S/C15H20N2O2S/c1-11-6-8-13(9-7-11)20(18,19)17-15-14-5-3-2-4-12(14)10-16(15)17/h6-9,12,14-15H,2-5,10H2,1H3. The third kappa shape index (κ3) is 1.76. The average Bonchev–Trinajstić information content (AvgIpc) is 3.04. The van der Waals surface area contributed by atoms with Gasteiger partial charge < -0.3 is 0 Å². The minimum Gasteiger partial charge on any atom is -0.206 e. The van der Waals surface area contributed by atoms with Gasteiger partial charge >= 0.3 is 0 Å². The predicted molar refractivity (Wildman–Crippen MR) is 76.1 cm³/mol. The number of fused-ring (bicyclic) bond motifs is 3. The maximum absolute atomic E-state index is 12.7. The molecule has 2 saturated heterocycles. The van der Waals surface area contributed by atoms with Gasteiger partial charge in [0.2, 0.25) is 0 Å². The molecule has 0 radical (unpaired) electrons. The van der Waals surface area contributed by atoms with Crippen molar-refractivity contribution < 1.29 is 8.42 Å². The zero-order chi connectivity index (χ0) is 13.9. The van der Waals surface area contributed by atoms with Crippen LogP contribution >= 0.6 is 0 Å². The van der Waals surface area contributed by atoms with E-state index in [-0.39, 0.29) is 6.17 Å². The van der Waals surface area contributed by atoms with Crippen molar-refractivity contribution in [2.75, 3.05) is 6.54 Å². The quantitative estimate of drug-likeness (QED) is 0.786. The van der Waals surface area contributed by atoms with Crippen molar-refractivity contribution in [3.63, 3.8) is 0 Å². The van der Waals surface area contributed by atoms with Crippen molar-refractivity contribution in [1.29, 1.82) is 0 Å². The average molecular weight is 292 g/mol. The lowest BCUT2D eigenvalue weighted by Gasteiger charge is -2.27. The van der Waals surface area contributed by atoms with Gasteiger partial charge in [0.25, 0.3) is 10.0 Å². The zero-order valence-electron chi connectivity index (χ0n) is 11.7. The Hall–Kier alpha value is -0.910. The molecule has 1 aliphatic carbocycles. The Bertz CT molecular complexity index is 626. The molecular formula is C15H20N2O2S. The molecule has 5 unspecified atom stereocenters. The first-order chi connectivity index (χ1) is 9.59. The first kappa shape index (κ1) is 12.8. The molecule has 1 aromatic rings. The van der Waals surface area contributed by atoms with Gasteiger partial charge in [0, 0.05) is 6.54 Å². The first-order valence-corrected chi connectivity index (χ1v) is 8.91. The van der Waals surface area contributed by atoms with Gasteiger partial charge in [0.1, 0.15) is 6.17 Å². The molecular weight excluding hydrogens is 272 g/mol. The molecule has 1 aromatic carbocycles. The normalized spacial score (nSPS) is 39.1. The highest BCUT2D eigenvalue weighted by atomic mass is 32.2. The Balaban J connectivity index is 1.59. The fourth-order valence-electron chi connectivity index (χ4n) is 3.97. The fourth-order valence-corrected chi connectivity index (χ4v) is 5.61. The molecule has 0 N–H and O–H groups in total. The topological polar surface area (TPSA) is 40.2 Å². The van der Waals surface area contributed by atoms with Gasteiger partial charge in [-0.15, -0.1) is 4.41 Å². The second kappa shape index (κ2) is 4.29. The fraction of sp³-hybridized carbons (Fsp3) is 0.600. The minimum absolute atomic E-state index is 0.145. The number of nitrogens with zero attached hydrogens (tertiary/aromatic N) is 2. The summed E-state index contributed by atoms with van der Waals surface area (Å²) >= 11 is 0. The Morgan fingerprint density at radius 1 is 1.10 bits per heavy atom. The zero-order valence-corrected chi connectivity index (χ0v) is 12.5. The van der Waals surface area contributed by atoms with E-state index in [1.54, 1.807) is 16.5 Å².